The van der Waals surface area contributed by atoms with Crippen molar-refractivity contribution in [1.29, 1.82) is 0 Å². The zero-order valence-electron chi connectivity index (χ0n) is 16.7. The highest BCUT2D eigenvalue weighted by Crippen LogP contribution is 2.37. The summed E-state index contributed by atoms with van der Waals surface area (Å²) in [5.74, 6) is 0.402. The molecule has 0 saturated heterocycles. The number of methoxy groups -OCH3 is 1. The molecule has 4 heteroatoms. The van der Waals surface area contributed by atoms with Gasteiger partial charge in [-0.2, -0.15) is 0 Å². The van der Waals surface area contributed by atoms with E-state index >= 15 is 0 Å². The Bertz CT molecular complexity index is 912. The minimum Gasteiger partial charge on any atom is -0.497 e. The molecule has 2 aromatic rings. The van der Waals surface area contributed by atoms with E-state index in [9.17, 15) is 9.90 Å². The lowest BCUT2D eigenvalue weighted by molar-refractivity contribution is 0.0697. The third-order valence-corrected chi connectivity index (χ3v) is 5.04. The van der Waals surface area contributed by atoms with E-state index in [-0.39, 0.29) is 0 Å². The fourth-order valence-corrected chi connectivity index (χ4v) is 3.73. The van der Waals surface area contributed by atoms with Crippen molar-refractivity contribution in [1.82, 2.24) is 4.90 Å². The highest BCUT2D eigenvalue weighted by molar-refractivity contribution is 5.88. The van der Waals surface area contributed by atoms with Gasteiger partial charge in [-0.15, -0.1) is 0 Å². The van der Waals surface area contributed by atoms with Crippen LogP contribution < -0.4 is 4.74 Å². The molecule has 2 aromatic carbocycles. The van der Waals surface area contributed by atoms with Crippen LogP contribution in [0.15, 0.2) is 60.2 Å². The Hall–Kier alpha value is -2.85. The van der Waals surface area contributed by atoms with Gasteiger partial charge >= 0.3 is 5.97 Å². The second-order valence-corrected chi connectivity index (χ2v) is 7.48. The summed E-state index contributed by atoms with van der Waals surface area (Å²) in [6, 6.07) is 15.3. The Kier molecular flexibility index (Phi) is 6.32. The van der Waals surface area contributed by atoms with Crippen LogP contribution in [0, 0.1) is 5.92 Å². The lowest BCUT2D eigenvalue weighted by atomic mass is 9.81. The maximum atomic E-state index is 11.2. The van der Waals surface area contributed by atoms with Crippen LogP contribution in [0.1, 0.15) is 34.3 Å². The Balaban J connectivity index is 1.99. The van der Waals surface area contributed by atoms with Gasteiger partial charge in [-0.05, 0) is 79.4 Å². The van der Waals surface area contributed by atoms with Gasteiger partial charge in [0, 0.05) is 6.54 Å². The Morgan fingerprint density at radius 1 is 1.21 bits per heavy atom. The maximum Gasteiger partial charge on any atom is 0.335 e. The summed E-state index contributed by atoms with van der Waals surface area (Å²) in [4.78, 5) is 13.5. The van der Waals surface area contributed by atoms with Gasteiger partial charge in [0.05, 0.1) is 12.7 Å². The smallest absolute Gasteiger partial charge is 0.335 e. The number of allylic oxidation sites excluding steroid dienone is 2. The van der Waals surface area contributed by atoms with Gasteiger partial charge in [-0.1, -0.05) is 36.4 Å². The second-order valence-electron chi connectivity index (χ2n) is 7.48. The number of ether oxygens (including phenoxy) is 1. The summed E-state index contributed by atoms with van der Waals surface area (Å²) < 4.78 is 5.41. The molecule has 4 nitrogen and oxygen atoms in total. The molecule has 146 valence electrons. The predicted octanol–water partition coefficient (Wildman–Crippen LogP) is 4.83. The number of nitrogens with zero attached hydrogens (tertiary/aromatic N) is 1. The van der Waals surface area contributed by atoms with Crippen molar-refractivity contribution >= 4 is 17.6 Å². The molecule has 0 amide bonds. The van der Waals surface area contributed by atoms with Gasteiger partial charge in [-0.3, -0.25) is 0 Å². The van der Waals surface area contributed by atoms with E-state index in [1.807, 2.05) is 18.2 Å². The number of carboxylic acids is 1. The van der Waals surface area contributed by atoms with Crippen molar-refractivity contribution in [2.45, 2.75) is 12.8 Å². The second kappa shape index (κ2) is 8.89. The molecule has 1 unspecified atom stereocenters. The van der Waals surface area contributed by atoms with Crippen molar-refractivity contribution in [3.63, 3.8) is 0 Å². The molecule has 0 fully saturated rings. The van der Waals surface area contributed by atoms with E-state index in [1.165, 1.54) is 16.7 Å². The van der Waals surface area contributed by atoms with E-state index in [4.69, 9.17) is 4.74 Å². The molecule has 28 heavy (non-hydrogen) atoms. The van der Waals surface area contributed by atoms with Crippen molar-refractivity contribution in [2.75, 3.05) is 27.7 Å². The quantitative estimate of drug-likeness (QED) is 0.783. The van der Waals surface area contributed by atoms with Crippen LogP contribution in [-0.2, 0) is 0 Å². The minimum absolute atomic E-state index is 0.313. The van der Waals surface area contributed by atoms with Gasteiger partial charge in [0.1, 0.15) is 5.75 Å². The molecular weight excluding hydrogens is 350 g/mol. The lowest BCUT2D eigenvalue weighted by Gasteiger charge is -2.28. The summed E-state index contributed by atoms with van der Waals surface area (Å²) >= 11 is 0. The fraction of sp³-hybridized carbons (Fsp3) is 0.292. The summed E-state index contributed by atoms with van der Waals surface area (Å²) in [5.41, 5.74) is 4.93. The number of rotatable bonds is 6. The molecule has 0 aliphatic heterocycles. The van der Waals surface area contributed by atoms with Gasteiger partial charge < -0.3 is 14.7 Å². The summed E-state index contributed by atoms with van der Waals surface area (Å²) in [6.45, 7) is 0.991. The van der Waals surface area contributed by atoms with Gasteiger partial charge in [0.2, 0.25) is 0 Å². The summed E-state index contributed by atoms with van der Waals surface area (Å²) in [6.07, 6.45) is 6.40. The maximum absolute atomic E-state index is 11.2. The first-order valence-electron chi connectivity index (χ1n) is 9.51. The van der Waals surface area contributed by atoms with Crippen LogP contribution >= 0.6 is 0 Å². The Morgan fingerprint density at radius 2 is 2.00 bits per heavy atom. The standard InChI is InChI=1S/C24H27NO3/c1-25(2)16-21-11-10-18(12-17-6-4-8-20(13-17)24(26)27)14-23(21)19-7-5-9-22(15-19)28-3/h4-9,12-15,21H,10-11,16H2,1-3H3,(H,26,27)/b18-12-. The van der Waals surface area contributed by atoms with Crippen LogP contribution in [0.4, 0.5) is 0 Å². The van der Waals surface area contributed by atoms with Crippen molar-refractivity contribution in [3.05, 3.63) is 76.9 Å². The van der Waals surface area contributed by atoms with Crippen LogP contribution in [0.3, 0.4) is 0 Å². The molecule has 0 saturated carbocycles. The van der Waals surface area contributed by atoms with E-state index < -0.39 is 5.97 Å². The highest BCUT2D eigenvalue weighted by atomic mass is 16.5. The fourth-order valence-electron chi connectivity index (χ4n) is 3.73. The van der Waals surface area contributed by atoms with E-state index in [0.29, 0.717) is 11.5 Å². The number of hydrogen-bond acceptors (Lipinski definition) is 3. The van der Waals surface area contributed by atoms with Crippen molar-refractivity contribution in [2.24, 2.45) is 5.92 Å². The van der Waals surface area contributed by atoms with E-state index in [0.717, 1.165) is 30.7 Å². The molecule has 1 aliphatic carbocycles. The van der Waals surface area contributed by atoms with Crippen LogP contribution in [0.5, 0.6) is 5.75 Å². The van der Waals surface area contributed by atoms with E-state index in [1.54, 1.807) is 25.3 Å². The van der Waals surface area contributed by atoms with E-state index in [2.05, 4.69) is 43.3 Å². The van der Waals surface area contributed by atoms with Crippen molar-refractivity contribution < 1.29 is 14.6 Å². The van der Waals surface area contributed by atoms with Gasteiger partial charge in [0.15, 0.2) is 0 Å². The Morgan fingerprint density at radius 3 is 2.71 bits per heavy atom. The summed E-state index contributed by atoms with van der Waals surface area (Å²) in [5, 5.41) is 9.22. The van der Waals surface area contributed by atoms with Gasteiger partial charge in [0.25, 0.3) is 0 Å². The number of hydrogen-bond donors (Lipinski definition) is 1. The number of carbonyl (C=O) groups is 1. The van der Waals surface area contributed by atoms with Gasteiger partial charge in [-0.25, -0.2) is 4.79 Å². The molecule has 0 bridgehead atoms. The first-order valence-corrected chi connectivity index (χ1v) is 9.51. The first kappa shape index (κ1) is 19.9. The largest absolute Gasteiger partial charge is 0.497 e. The predicted molar refractivity (Wildman–Crippen MR) is 114 cm³/mol. The molecule has 0 heterocycles. The zero-order chi connectivity index (χ0) is 20.1. The molecule has 1 atom stereocenters. The normalized spacial score (nSPS) is 18.2. The molecule has 0 radical (unpaired) electrons. The Labute approximate surface area is 166 Å². The number of aromatic carboxylic acids is 1. The number of benzene rings is 2. The van der Waals surface area contributed by atoms with Crippen molar-refractivity contribution in [3.8, 4) is 5.75 Å². The molecule has 1 aliphatic rings. The molecular formula is C24H27NO3. The third-order valence-electron chi connectivity index (χ3n) is 5.04. The SMILES string of the molecule is COc1cccc(C2=C/C(=C\c3cccc(C(=O)O)c3)CCC2CN(C)C)c1. The average Bonchev–Trinajstić information content (AvgIpc) is 2.69. The third kappa shape index (κ3) is 4.90. The van der Waals surface area contributed by atoms with Crippen LogP contribution in [-0.4, -0.2) is 43.7 Å². The molecule has 0 spiro atoms. The average molecular weight is 377 g/mol. The molecule has 3 rings (SSSR count). The van der Waals surface area contributed by atoms with Crippen LogP contribution in [0.25, 0.3) is 11.6 Å². The molecule has 0 aromatic heterocycles. The zero-order valence-corrected chi connectivity index (χ0v) is 16.7. The summed E-state index contributed by atoms with van der Waals surface area (Å²) in [7, 11) is 5.89. The molecule has 1 N–H and O–H groups in total. The lowest BCUT2D eigenvalue weighted by Crippen LogP contribution is -2.24. The monoisotopic (exact) mass is 377 g/mol. The first-order chi connectivity index (χ1) is 13.5. The topological polar surface area (TPSA) is 49.8 Å². The number of carboxylic acid groups (broad SMARTS) is 1. The van der Waals surface area contributed by atoms with Crippen LogP contribution in [0.2, 0.25) is 0 Å². The minimum atomic E-state index is -0.900. The highest BCUT2D eigenvalue weighted by Gasteiger charge is 2.22.